The van der Waals surface area contributed by atoms with Gasteiger partial charge in [-0.2, -0.15) is 0 Å². The Bertz CT molecular complexity index is 1220. The van der Waals surface area contributed by atoms with Crippen molar-refractivity contribution in [2.75, 3.05) is 13.2 Å². The number of hydrogen-bond acceptors (Lipinski definition) is 4. The predicted molar refractivity (Wildman–Crippen MR) is 128 cm³/mol. The van der Waals surface area contributed by atoms with Gasteiger partial charge in [0.15, 0.2) is 11.5 Å². The Morgan fingerprint density at radius 2 is 1.78 bits per heavy atom. The summed E-state index contributed by atoms with van der Waals surface area (Å²) >= 11 is 0. The van der Waals surface area contributed by atoms with Gasteiger partial charge >= 0.3 is 0 Å². The first-order chi connectivity index (χ1) is 15.7. The Kier molecular flexibility index (Phi) is 5.61. The SMILES string of the molecule is Cc1ccccc1-c1ccc(CN2CCOc3c(O)cc(-c4cccnc4)cc3C2)cc1. The summed E-state index contributed by atoms with van der Waals surface area (Å²) in [6.07, 6.45) is 3.56. The molecule has 0 aliphatic carbocycles. The third-order valence-corrected chi connectivity index (χ3v) is 6.01. The molecule has 1 aromatic heterocycles. The molecule has 4 aromatic rings. The van der Waals surface area contributed by atoms with Crippen molar-refractivity contribution in [1.29, 1.82) is 0 Å². The van der Waals surface area contributed by atoms with Crippen molar-refractivity contribution in [3.05, 3.63) is 102 Å². The Morgan fingerprint density at radius 1 is 0.938 bits per heavy atom. The van der Waals surface area contributed by atoms with Crippen molar-refractivity contribution in [2.24, 2.45) is 0 Å². The van der Waals surface area contributed by atoms with Gasteiger partial charge in [0.05, 0.1) is 0 Å². The fourth-order valence-corrected chi connectivity index (χ4v) is 4.33. The van der Waals surface area contributed by atoms with E-state index >= 15 is 0 Å². The maximum absolute atomic E-state index is 10.6. The van der Waals surface area contributed by atoms with Gasteiger partial charge in [-0.15, -0.1) is 0 Å². The summed E-state index contributed by atoms with van der Waals surface area (Å²) in [6, 6.07) is 25.0. The summed E-state index contributed by atoms with van der Waals surface area (Å²) in [4.78, 5) is 6.57. The molecular weight excluding hydrogens is 396 g/mol. The molecule has 1 aliphatic heterocycles. The highest BCUT2D eigenvalue weighted by Crippen LogP contribution is 2.37. The van der Waals surface area contributed by atoms with Crippen LogP contribution in [0.1, 0.15) is 16.7 Å². The molecule has 0 radical (unpaired) electrons. The Labute approximate surface area is 188 Å². The third kappa shape index (κ3) is 4.23. The number of benzene rings is 3. The molecule has 4 heteroatoms. The number of aromatic nitrogens is 1. The highest BCUT2D eigenvalue weighted by atomic mass is 16.5. The average Bonchev–Trinajstić information content (AvgIpc) is 3.03. The number of ether oxygens (including phenoxy) is 1. The summed E-state index contributed by atoms with van der Waals surface area (Å²) in [5.74, 6) is 0.779. The lowest BCUT2D eigenvalue weighted by molar-refractivity contribution is 0.217. The summed E-state index contributed by atoms with van der Waals surface area (Å²) in [5.41, 5.74) is 7.98. The van der Waals surface area contributed by atoms with E-state index in [1.54, 1.807) is 12.3 Å². The van der Waals surface area contributed by atoms with Crippen LogP contribution in [0.3, 0.4) is 0 Å². The molecule has 4 nitrogen and oxygen atoms in total. The zero-order valence-electron chi connectivity index (χ0n) is 18.2. The molecule has 160 valence electrons. The number of nitrogens with zero attached hydrogens (tertiary/aromatic N) is 2. The lowest BCUT2D eigenvalue weighted by Gasteiger charge is -2.20. The minimum Gasteiger partial charge on any atom is -0.504 e. The van der Waals surface area contributed by atoms with Crippen molar-refractivity contribution < 1.29 is 9.84 Å². The second kappa shape index (κ2) is 8.85. The van der Waals surface area contributed by atoms with E-state index in [0.29, 0.717) is 12.4 Å². The van der Waals surface area contributed by atoms with Crippen molar-refractivity contribution >= 4 is 0 Å². The molecule has 0 unspecified atom stereocenters. The zero-order valence-corrected chi connectivity index (χ0v) is 18.2. The first-order valence-corrected chi connectivity index (χ1v) is 10.9. The first-order valence-electron chi connectivity index (χ1n) is 10.9. The van der Waals surface area contributed by atoms with E-state index in [1.807, 2.05) is 18.3 Å². The molecule has 5 rings (SSSR count). The smallest absolute Gasteiger partial charge is 0.165 e. The summed E-state index contributed by atoms with van der Waals surface area (Å²) in [7, 11) is 0. The van der Waals surface area contributed by atoms with Crippen LogP contribution in [0.15, 0.2) is 85.2 Å². The van der Waals surface area contributed by atoms with Gasteiger partial charge < -0.3 is 9.84 Å². The van der Waals surface area contributed by atoms with Gasteiger partial charge in [0, 0.05) is 43.2 Å². The molecule has 1 aliphatic rings. The molecule has 1 N–H and O–H groups in total. The van der Waals surface area contributed by atoms with Gasteiger partial charge in [-0.05, 0) is 52.9 Å². The van der Waals surface area contributed by atoms with Crippen LogP contribution >= 0.6 is 0 Å². The topological polar surface area (TPSA) is 45.6 Å². The largest absolute Gasteiger partial charge is 0.504 e. The lowest BCUT2D eigenvalue weighted by atomic mass is 9.99. The van der Waals surface area contributed by atoms with Crippen LogP contribution in [0.2, 0.25) is 0 Å². The molecule has 0 fully saturated rings. The molecule has 0 amide bonds. The van der Waals surface area contributed by atoms with Gasteiger partial charge in [-0.25, -0.2) is 0 Å². The zero-order chi connectivity index (χ0) is 21.9. The van der Waals surface area contributed by atoms with E-state index in [4.69, 9.17) is 4.74 Å². The number of phenolic OH excluding ortho intramolecular Hbond substituents is 1. The molecule has 0 atom stereocenters. The Balaban J connectivity index is 1.36. The van der Waals surface area contributed by atoms with Gasteiger partial charge in [-0.3, -0.25) is 9.88 Å². The number of rotatable bonds is 4. The molecular formula is C28H26N2O2. The fraction of sp³-hybridized carbons (Fsp3) is 0.179. The minimum atomic E-state index is 0.186. The molecule has 0 saturated heterocycles. The fourth-order valence-electron chi connectivity index (χ4n) is 4.33. The summed E-state index contributed by atoms with van der Waals surface area (Å²) < 4.78 is 5.92. The van der Waals surface area contributed by atoms with Gasteiger partial charge in [0.1, 0.15) is 6.61 Å². The normalized spacial score (nSPS) is 13.8. The highest BCUT2D eigenvalue weighted by molar-refractivity contribution is 5.69. The van der Waals surface area contributed by atoms with Crippen molar-refractivity contribution in [2.45, 2.75) is 20.0 Å². The average molecular weight is 423 g/mol. The quantitative estimate of drug-likeness (QED) is 0.450. The molecule has 2 heterocycles. The minimum absolute atomic E-state index is 0.186. The van der Waals surface area contributed by atoms with Crippen LogP contribution in [0.4, 0.5) is 0 Å². The first kappa shape index (κ1) is 20.3. The number of hydrogen-bond donors (Lipinski definition) is 1. The highest BCUT2D eigenvalue weighted by Gasteiger charge is 2.20. The van der Waals surface area contributed by atoms with Crippen molar-refractivity contribution in [3.63, 3.8) is 0 Å². The van der Waals surface area contributed by atoms with Crippen LogP contribution in [0, 0.1) is 6.92 Å². The van der Waals surface area contributed by atoms with Crippen molar-refractivity contribution in [1.82, 2.24) is 9.88 Å². The van der Waals surface area contributed by atoms with E-state index < -0.39 is 0 Å². The molecule has 3 aromatic carbocycles. The van der Waals surface area contributed by atoms with E-state index in [9.17, 15) is 5.11 Å². The standard InChI is InChI=1S/C28H26N2O2/c1-20-5-2-3-7-26(20)22-10-8-21(9-11-22)18-30-13-14-32-28-25(19-30)15-24(16-27(28)31)23-6-4-12-29-17-23/h2-12,15-17,31H,13-14,18-19H2,1H3. The lowest BCUT2D eigenvalue weighted by Crippen LogP contribution is -2.25. The van der Waals surface area contributed by atoms with Gasteiger partial charge in [0.2, 0.25) is 0 Å². The van der Waals surface area contributed by atoms with E-state index in [1.165, 1.54) is 22.3 Å². The third-order valence-electron chi connectivity index (χ3n) is 6.01. The number of fused-ring (bicyclic) bond motifs is 1. The second-order valence-corrected chi connectivity index (χ2v) is 8.30. The summed E-state index contributed by atoms with van der Waals surface area (Å²) in [6.45, 7) is 5.04. The van der Waals surface area contributed by atoms with Crippen molar-refractivity contribution in [3.8, 4) is 33.8 Å². The predicted octanol–water partition coefficient (Wildman–Crippen LogP) is 5.82. The van der Waals surface area contributed by atoms with Crippen LogP contribution in [0.5, 0.6) is 11.5 Å². The second-order valence-electron chi connectivity index (χ2n) is 8.30. The number of aromatic hydroxyl groups is 1. The summed E-state index contributed by atoms with van der Waals surface area (Å²) in [5, 5.41) is 10.6. The molecule has 0 bridgehead atoms. The van der Waals surface area contributed by atoms with Gasteiger partial charge in [-0.1, -0.05) is 54.6 Å². The van der Waals surface area contributed by atoms with Gasteiger partial charge in [0.25, 0.3) is 0 Å². The Morgan fingerprint density at radius 3 is 2.56 bits per heavy atom. The molecule has 32 heavy (non-hydrogen) atoms. The molecule has 0 spiro atoms. The van der Waals surface area contributed by atoms with E-state index in [-0.39, 0.29) is 5.75 Å². The van der Waals surface area contributed by atoms with Crippen LogP contribution in [-0.4, -0.2) is 28.1 Å². The van der Waals surface area contributed by atoms with Crippen LogP contribution in [-0.2, 0) is 13.1 Å². The number of aryl methyl sites for hydroxylation is 1. The maximum Gasteiger partial charge on any atom is 0.165 e. The van der Waals surface area contributed by atoms with E-state index in [0.717, 1.165) is 36.3 Å². The molecule has 0 saturated carbocycles. The van der Waals surface area contributed by atoms with Crippen LogP contribution < -0.4 is 4.74 Å². The number of phenols is 1. The maximum atomic E-state index is 10.6. The Hall–Kier alpha value is -3.63. The number of pyridine rings is 1. The van der Waals surface area contributed by atoms with E-state index in [2.05, 4.69) is 71.4 Å². The monoisotopic (exact) mass is 422 g/mol. The van der Waals surface area contributed by atoms with Crippen LogP contribution in [0.25, 0.3) is 22.3 Å².